The van der Waals surface area contributed by atoms with Crippen LogP contribution >= 0.6 is 23.2 Å². The highest BCUT2D eigenvalue weighted by Crippen LogP contribution is 2.39. The number of nitrogens with one attached hydrogen (secondary N) is 1. The molecule has 0 radical (unpaired) electrons. The molecule has 1 aromatic rings. The fourth-order valence-electron chi connectivity index (χ4n) is 3.12. The summed E-state index contributed by atoms with van der Waals surface area (Å²) in [6.07, 6.45) is 7.32. The van der Waals surface area contributed by atoms with Crippen LogP contribution in [0.25, 0.3) is 0 Å². The van der Waals surface area contributed by atoms with Gasteiger partial charge in [-0.1, -0.05) is 55.5 Å². The third kappa shape index (κ3) is 3.63. The van der Waals surface area contributed by atoms with Gasteiger partial charge >= 0.3 is 0 Å². The van der Waals surface area contributed by atoms with Crippen LogP contribution in [0.5, 0.6) is 0 Å². The molecule has 0 aliphatic heterocycles. The van der Waals surface area contributed by atoms with Crippen molar-refractivity contribution in [1.29, 1.82) is 0 Å². The predicted molar refractivity (Wildman–Crippen MR) is 82.5 cm³/mol. The summed E-state index contributed by atoms with van der Waals surface area (Å²) in [5.41, 5.74) is 4.48. The van der Waals surface area contributed by atoms with E-state index in [2.05, 4.69) is 12.3 Å². The predicted octanol–water partition coefficient (Wildman–Crippen LogP) is 4.34. The Kier molecular flexibility index (Phi) is 5.13. The first kappa shape index (κ1) is 15.1. The Bertz CT molecular complexity index is 428. The summed E-state index contributed by atoms with van der Waals surface area (Å²) in [4.78, 5) is 0. The van der Waals surface area contributed by atoms with Crippen molar-refractivity contribution in [3.63, 3.8) is 0 Å². The second-order valence-electron chi connectivity index (χ2n) is 5.89. The molecule has 0 heterocycles. The van der Waals surface area contributed by atoms with Crippen LogP contribution in [0.15, 0.2) is 18.2 Å². The molecule has 3 N–H and O–H groups in total. The summed E-state index contributed by atoms with van der Waals surface area (Å²) in [6, 6.07) is 6.12. The first-order valence-electron chi connectivity index (χ1n) is 6.95. The fraction of sp³-hybridized carbons (Fsp3) is 0.600. The van der Waals surface area contributed by atoms with E-state index in [1.54, 1.807) is 0 Å². The van der Waals surface area contributed by atoms with Crippen molar-refractivity contribution in [2.45, 2.75) is 51.5 Å². The van der Waals surface area contributed by atoms with Gasteiger partial charge in [-0.05, 0) is 42.4 Å². The molecule has 2 rings (SSSR count). The molecule has 2 nitrogen and oxygen atoms in total. The summed E-state index contributed by atoms with van der Waals surface area (Å²) in [5, 5.41) is 1.22. The van der Waals surface area contributed by atoms with Gasteiger partial charge in [0.15, 0.2) is 0 Å². The van der Waals surface area contributed by atoms with Gasteiger partial charge in [-0.3, -0.25) is 11.3 Å². The molecule has 106 valence electrons. The monoisotopic (exact) mass is 300 g/mol. The van der Waals surface area contributed by atoms with Crippen LogP contribution in [0.1, 0.15) is 44.6 Å². The third-order valence-electron chi connectivity index (χ3n) is 4.46. The largest absolute Gasteiger partial charge is 0.271 e. The van der Waals surface area contributed by atoms with E-state index in [-0.39, 0.29) is 11.5 Å². The number of benzene rings is 1. The van der Waals surface area contributed by atoms with E-state index in [9.17, 15) is 0 Å². The van der Waals surface area contributed by atoms with E-state index in [0.29, 0.717) is 10.0 Å². The number of hydrogen-bond acceptors (Lipinski definition) is 2. The highest BCUT2D eigenvalue weighted by Gasteiger charge is 2.34. The van der Waals surface area contributed by atoms with E-state index in [0.717, 1.165) is 6.42 Å². The zero-order valence-corrected chi connectivity index (χ0v) is 12.9. The van der Waals surface area contributed by atoms with E-state index in [1.807, 2.05) is 18.2 Å². The standard InChI is InChI=1S/C15H22Cl2N2/c1-15(7-3-2-4-8-15)14(19-18)10-11-5-6-12(16)13(17)9-11/h5-6,9,14,19H,2-4,7-8,10,18H2,1H3. The zero-order valence-electron chi connectivity index (χ0n) is 11.4. The summed E-state index contributed by atoms with van der Waals surface area (Å²) in [7, 11) is 0. The van der Waals surface area contributed by atoms with Gasteiger partial charge in [0.2, 0.25) is 0 Å². The molecule has 1 aliphatic carbocycles. The lowest BCUT2D eigenvalue weighted by Crippen LogP contribution is -2.49. The minimum absolute atomic E-state index is 0.277. The van der Waals surface area contributed by atoms with Crippen LogP contribution in [0.4, 0.5) is 0 Å². The summed E-state index contributed by atoms with van der Waals surface area (Å²) < 4.78 is 0. The molecule has 0 spiro atoms. The molecular weight excluding hydrogens is 279 g/mol. The molecule has 0 bridgehead atoms. The van der Waals surface area contributed by atoms with E-state index in [1.165, 1.54) is 37.7 Å². The molecule has 1 unspecified atom stereocenters. The first-order chi connectivity index (χ1) is 9.05. The molecule has 4 heteroatoms. The topological polar surface area (TPSA) is 38.0 Å². The van der Waals surface area contributed by atoms with Crippen molar-refractivity contribution in [1.82, 2.24) is 5.43 Å². The molecule has 0 amide bonds. The van der Waals surface area contributed by atoms with E-state index in [4.69, 9.17) is 29.0 Å². The quantitative estimate of drug-likeness (QED) is 0.641. The number of hydrazine groups is 1. The second kappa shape index (κ2) is 6.45. The Morgan fingerprint density at radius 2 is 1.89 bits per heavy atom. The van der Waals surface area contributed by atoms with Crippen LogP contribution in [0, 0.1) is 5.41 Å². The smallest absolute Gasteiger partial charge is 0.0595 e. The molecule has 0 saturated heterocycles. The maximum atomic E-state index is 6.08. The van der Waals surface area contributed by atoms with Gasteiger partial charge in [0.25, 0.3) is 0 Å². The Morgan fingerprint density at radius 1 is 1.21 bits per heavy atom. The summed E-state index contributed by atoms with van der Waals surface area (Å²) in [6.45, 7) is 2.34. The van der Waals surface area contributed by atoms with Crippen LogP contribution in [0.2, 0.25) is 10.0 Å². The molecular formula is C15H22Cl2N2. The van der Waals surface area contributed by atoms with E-state index >= 15 is 0 Å². The van der Waals surface area contributed by atoms with E-state index < -0.39 is 0 Å². The maximum Gasteiger partial charge on any atom is 0.0595 e. The average molecular weight is 301 g/mol. The Morgan fingerprint density at radius 3 is 2.47 bits per heavy atom. The highest BCUT2D eigenvalue weighted by atomic mass is 35.5. The molecule has 1 aromatic carbocycles. The van der Waals surface area contributed by atoms with Crippen LogP contribution in [0.3, 0.4) is 0 Å². The van der Waals surface area contributed by atoms with Crippen LogP contribution < -0.4 is 11.3 Å². The second-order valence-corrected chi connectivity index (χ2v) is 6.70. The van der Waals surface area contributed by atoms with Crippen molar-refractivity contribution < 1.29 is 0 Å². The van der Waals surface area contributed by atoms with Crippen molar-refractivity contribution in [2.24, 2.45) is 11.3 Å². The van der Waals surface area contributed by atoms with Crippen molar-refractivity contribution >= 4 is 23.2 Å². The maximum absolute atomic E-state index is 6.08. The van der Waals surface area contributed by atoms with Crippen molar-refractivity contribution in [2.75, 3.05) is 0 Å². The van der Waals surface area contributed by atoms with Crippen molar-refractivity contribution in [3.8, 4) is 0 Å². The van der Waals surface area contributed by atoms with Crippen molar-refractivity contribution in [3.05, 3.63) is 33.8 Å². The Balaban J connectivity index is 2.11. The SMILES string of the molecule is CC1(C(Cc2ccc(Cl)c(Cl)c2)NN)CCCCC1. The van der Waals surface area contributed by atoms with Gasteiger partial charge in [-0.25, -0.2) is 0 Å². The Labute approximate surface area is 125 Å². The lowest BCUT2D eigenvalue weighted by Gasteiger charge is -2.40. The van der Waals surface area contributed by atoms with Gasteiger partial charge in [0.1, 0.15) is 0 Å². The lowest BCUT2D eigenvalue weighted by atomic mass is 9.69. The van der Waals surface area contributed by atoms with Gasteiger partial charge in [0.05, 0.1) is 10.0 Å². The molecule has 1 fully saturated rings. The molecule has 1 aliphatic rings. The first-order valence-corrected chi connectivity index (χ1v) is 7.71. The van der Waals surface area contributed by atoms with Gasteiger partial charge in [-0.2, -0.15) is 0 Å². The van der Waals surface area contributed by atoms with Gasteiger partial charge in [-0.15, -0.1) is 0 Å². The van der Waals surface area contributed by atoms with Gasteiger partial charge < -0.3 is 0 Å². The average Bonchev–Trinajstić information content (AvgIpc) is 2.40. The number of nitrogens with two attached hydrogens (primary N) is 1. The number of halogens is 2. The lowest BCUT2D eigenvalue weighted by molar-refractivity contribution is 0.144. The molecule has 0 aromatic heterocycles. The van der Waals surface area contributed by atoms with Gasteiger partial charge in [0, 0.05) is 6.04 Å². The number of hydrogen-bond donors (Lipinski definition) is 2. The zero-order chi connectivity index (χ0) is 13.9. The minimum Gasteiger partial charge on any atom is -0.271 e. The molecule has 1 saturated carbocycles. The Hall–Kier alpha value is -0.280. The third-order valence-corrected chi connectivity index (χ3v) is 5.20. The molecule has 1 atom stereocenters. The minimum atomic E-state index is 0.277. The normalized spacial score (nSPS) is 20.2. The highest BCUT2D eigenvalue weighted by molar-refractivity contribution is 6.42. The fourth-order valence-corrected chi connectivity index (χ4v) is 3.44. The van der Waals surface area contributed by atoms with Crippen LogP contribution in [-0.2, 0) is 6.42 Å². The summed E-state index contributed by atoms with van der Waals surface area (Å²) >= 11 is 12.0. The summed E-state index contributed by atoms with van der Waals surface area (Å²) in [5.74, 6) is 5.80. The number of rotatable bonds is 4. The van der Waals surface area contributed by atoms with Crippen LogP contribution in [-0.4, -0.2) is 6.04 Å². The molecule has 19 heavy (non-hydrogen) atoms.